The summed E-state index contributed by atoms with van der Waals surface area (Å²) >= 11 is 5.74. The average Bonchev–Trinajstić information content (AvgIpc) is 2.08. The number of benzene rings is 1. The predicted octanol–water partition coefficient (Wildman–Crippen LogP) is 2.10. The van der Waals surface area contributed by atoms with Crippen molar-refractivity contribution in [3.05, 3.63) is 34.3 Å². The Kier molecular flexibility index (Phi) is 2.88. The molecule has 0 atom stereocenters. The Bertz CT molecular complexity index is 382. The van der Waals surface area contributed by atoms with Gasteiger partial charge in [0.1, 0.15) is 0 Å². The zero-order valence-electron chi connectivity index (χ0n) is 6.62. The van der Waals surface area contributed by atoms with Gasteiger partial charge in [-0.1, -0.05) is 17.7 Å². The first kappa shape index (κ1) is 9.56. The van der Waals surface area contributed by atoms with E-state index in [9.17, 15) is 4.79 Å². The number of carboxylic acids is 1. The van der Waals surface area contributed by atoms with Crippen LogP contribution in [0.15, 0.2) is 18.2 Å². The van der Waals surface area contributed by atoms with Crippen LogP contribution in [0.4, 0.5) is 0 Å². The van der Waals surface area contributed by atoms with E-state index in [0.29, 0.717) is 10.6 Å². The minimum Gasteiger partial charge on any atom is -0.478 e. The van der Waals surface area contributed by atoms with Crippen molar-refractivity contribution >= 4 is 17.6 Å². The lowest BCUT2D eigenvalue weighted by atomic mass is 10.1. The van der Waals surface area contributed by atoms with Crippen LogP contribution in [0.2, 0.25) is 5.02 Å². The van der Waals surface area contributed by atoms with Crippen LogP contribution >= 0.6 is 11.6 Å². The molecule has 0 aliphatic carbocycles. The summed E-state index contributed by atoms with van der Waals surface area (Å²) in [6.45, 7) is 0. The monoisotopic (exact) mass is 195 g/mol. The molecule has 1 N–H and O–H groups in total. The Morgan fingerprint density at radius 3 is 2.77 bits per heavy atom. The van der Waals surface area contributed by atoms with E-state index in [1.54, 1.807) is 6.07 Å². The SMILES string of the molecule is N#CCc1ccc(C(=O)O)cc1Cl. The number of nitrogens with zero attached hydrogens (tertiary/aromatic N) is 1. The molecular weight excluding hydrogens is 190 g/mol. The first-order valence-electron chi connectivity index (χ1n) is 3.54. The van der Waals surface area contributed by atoms with Gasteiger partial charge in [0.25, 0.3) is 0 Å². The Labute approximate surface area is 80.2 Å². The number of hydrogen-bond acceptors (Lipinski definition) is 2. The third-order valence-electron chi connectivity index (χ3n) is 1.57. The Balaban J connectivity index is 3.07. The molecule has 1 rings (SSSR count). The fraction of sp³-hybridized carbons (Fsp3) is 0.111. The summed E-state index contributed by atoms with van der Waals surface area (Å²) < 4.78 is 0. The summed E-state index contributed by atoms with van der Waals surface area (Å²) in [6.07, 6.45) is 0.193. The van der Waals surface area contributed by atoms with E-state index in [1.807, 2.05) is 6.07 Å². The molecule has 0 spiro atoms. The zero-order chi connectivity index (χ0) is 9.84. The second-order valence-corrected chi connectivity index (χ2v) is 2.85. The van der Waals surface area contributed by atoms with Crippen molar-refractivity contribution in [2.45, 2.75) is 6.42 Å². The first-order chi connectivity index (χ1) is 6.15. The maximum atomic E-state index is 10.5. The van der Waals surface area contributed by atoms with Gasteiger partial charge in [0.15, 0.2) is 0 Å². The molecule has 1 aromatic carbocycles. The highest BCUT2D eigenvalue weighted by molar-refractivity contribution is 6.31. The Morgan fingerprint density at radius 2 is 2.31 bits per heavy atom. The van der Waals surface area contributed by atoms with Crippen LogP contribution < -0.4 is 0 Å². The molecule has 0 saturated heterocycles. The molecule has 0 amide bonds. The van der Waals surface area contributed by atoms with Crippen molar-refractivity contribution in [1.82, 2.24) is 0 Å². The summed E-state index contributed by atoms with van der Waals surface area (Å²) in [5.41, 5.74) is 0.779. The lowest BCUT2D eigenvalue weighted by Gasteiger charge is -2.00. The standard InChI is InChI=1S/C9H6ClNO2/c10-8-5-7(9(12)13)2-1-6(8)3-4-11/h1-2,5H,3H2,(H,12,13). The molecule has 0 unspecified atom stereocenters. The summed E-state index contributed by atoms with van der Waals surface area (Å²) in [5, 5.41) is 17.3. The molecule has 0 aliphatic heterocycles. The van der Waals surface area contributed by atoms with E-state index in [1.165, 1.54) is 12.1 Å². The van der Waals surface area contributed by atoms with Crippen LogP contribution in [-0.2, 0) is 6.42 Å². The lowest BCUT2D eigenvalue weighted by molar-refractivity contribution is 0.0697. The van der Waals surface area contributed by atoms with Crippen LogP contribution in [-0.4, -0.2) is 11.1 Å². The molecule has 1 aromatic rings. The smallest absolute Gasteiger partial charge is 0.335 e. The number of aromatic carboxylic acids is 1. The van der Waals surface area contributed by atoms with Gasteiger partial charge >= 0.3 is 5.97 Å². The van der Waals surface area contributed by atoms with E-state index in [0.717, 1.165) is 0 Å². The van der Waals surface area contributed by atoms with Gasteiger partial charge in [-0.15, -0.1) is 0 Å². The highest BCUT2D eigenvalue weighted by Crippen LogP contribution is 2.18. The van der Waals surface area contributed by atoms with Gasteiger partial charge in [-0.3, -0.25) is 0 Å². The van der Waals surface area contributed by atoms with Crippen molar-refractivity contribution in [1.29, 1.82) is 5.26 Å². The van der Waals surface area contributed by atoms with E-state index in [4.69, 9.17) is 22.0 Å². The molecular formula is C9H6ClNO2. The number of nitriles is 1. The molecule has 0 saturated carbocycles. The first-order valence-corrected chi connectivity index (χ1v) is 3.91. The van der Waals surface area contributed by atoms with Crippen molar-refractivity contribution in [3.8, 4) is 6.07 Å². The molecule has 13 heavy (non-hydrogen) atoms. The third kappa shape index (κ3) is 2.20. The van der Waals surface area contributed by atoms with Crippen molar-refractivity contribution in [3.63, 3.8) is 0 Å². The van der Waals surface area contributed by atoms with Gasteiger partial charge < -0.3 is 5.11 Å². The summed E-state index contributed by atoms with van der Waals surface area (Å²) in [7, 11) is 0. The predicted molar refractivity (Wildman–Crippen MR) is 47.7 cm³/mol. The van der Waals surface area contributed by atoms with Crippen molar-refractivity contribution in [2.24, 2.45) is 0 Å². The zero-order valence-corrected chi connectivity index (χ0v) is 7.38. The molecule has 0 aliphatic rings. The normalized spacial score (nSPS) is 9.23. The second kappa shape index (κ2) is 3.92. The number of rotatable bonds is 2. The quantitative estimate of drug-likeness (QED) is 0.786. The maximum Gasteiger partial charge on any atom is 0.335 e. The maximum absolute atomic E-state index is 10.5. The largest absolute Gasteiger partial charge is 0.478 e. The molecule has 0 heterocycles. The molecule has 0 fully saturated rings. The third-order valence-corrected chi connectivity index (χ3v) is 1.92. The van der Waals surface area contributed by atoms with E-state index in [-0.39, 0.29) is 12.0 Å². The minimum atomic E-state index is -1.02. The highest BCUT2D eigenvalue weighted by atomic mass is 35.5. The fourth-order valence-electron chi connectivity index (χ4n) is 0.909. The van der Waals surface area contributed by atoms with Gasteiger partial charge in [0.2, 0.25) is 0 Å². The van der Waals surface area contributed by atoms with Crippen LogP contribution in [0.25, 0.3) is 0 Å². The summed E-state index contributed by atoms with van der Waals surface area (Å²) in [6, 6.07) is 6.27. The molecule has 4 heteroatoms. The second-order valence-electron chi connectivity index (χ2n) is 2.45. The van der Waals surface area contributed by atoms with Crippen LogP contribution in [0, 0.1) is 11.3 Å². The summed E-state index contributed by atoms with van der Waals surface area (Å²) in [5.74, 6) is -1.02. The molecule has 3 nitrogen and oxygen atoms in total. The fourth-order valence-corrected chi connectivity index (χ4v) is 1.16. The van der Waals surface area contributed by atoms with E-state index < -0.39 is 5.97 Å². The number of hydrogen-bond donors (Lipinski definition) is 1. The van der Waals surface area contributed by atoms with E-state index in [2.05, 4.69) is 0 Å². The van der Waals surface area contributed by atoms with Crippen LogP contribution in [0.3, 0.4) is 0 Å². The molecule has 66 valence electrons. The van der Waals surface area contributed by atoms with Gasteiger partial charge in [0.05, 0.1) is 18.1 Å². The molecule has 0 radical (unpaired) electrons. The Hall–Kier alpha value is -1.53. The highest BCUT2D eigenvalue weighted by Gasteiger charge is 2.05. The van der Waals surface area contributed by atoms with Gasteiger partial charge in [-0.05, 0) is 17.7 Å². The van der Waals surface area contributed by atoms with Crippen LogP contribution in [0.1, 0.15) is 15.9 Å². The lowest BCUT2D eigenvalue weighted by Crippen LogP contribution is -1.96. The van der Waals surface area contributed by atoms with Gasteiger partial charge in [-0.2, -0.15) is 5.26 Å². The van der Waals surface area contributed by atoms with Gasteiger partial charge in [0, 0.05) is 5.02 Å². The molecule has 0 bridgehead atoms. The summed E-state index contributed by atoms with van der Waals surface area (Å²) in [4.78, 5) is 10.5. The number of halogens is 1. The number of carbonyl (C=O) groups is 1. The minimum absolute atomic E-state index is 0.131. The van der Waals surface area contributed by atoms with E-state index >= 15 is 0 Å². The van der Waals surface area contributed by atoms with Gasteiger partial charge in [-0.25, -0.2) is 4.79 Å². The molecule has 0 aromatic heterocycles. The average molecular weight is 196 g/mol. The number of carboxylic acid groups (broad SMARTS) is 1. The Morgan fingerprint density at radius 1 is 1.62 bits per heavy atom. The van der Waals surface area contributed by atoms with Crippen molar-refractivity contribution < 1.29 is 9.90 Å². The van der Waals surface area contributed by atoms with Crippen LogP contribution in [0.5, 0.6) is 0 Å². The topological polar surface area (TPSA) is 61.1 Å². The van der Waals surface area contributed by atoms with Crippen molar-refractivity contribution in [2.75, 3.05) is 0 Å².